The summed E-state index contributed by atoms with van der Waals surface area (Å²) in [6.07, 6.45) is 17.2. The van der Waals surface area contributed by atoms with Gasteiger partial charge >= 0.3 is 0 Å². The fraction of sp³-hybridized carbons (Fsp3) is 0.750. The zero-order chi connectivity index (χ0) is 41.4. The van der Waals surface area contributed by atoms with Gasteiger partial charge in [0.25, 0.3) is 0 Å². The zero-order valence-electron chi connectivity index (χ0n) is 36.2. The number of fused-ring (bicyclic) bond motifs is 6. The molecule has 10 aliphatic carbocycles. The topological polar surface area (TPSA) is 130 Å². The number of carbonyl (C=O) groups is 1. The van der Waals surface area contributed by atoms with Crippen molar-refractivity contribution in [2.24, 2.45) is 67.5 Å². The van der Waals surface area contributed by atoms with Crippen molar-refractivity contribution in [2.45, 2.75) is 161 Å². The number of hydrogen-bond acceptors (Lipinski definition) is 7. The van der Waals surface area contributed by atoms with Crippen LogP contribution in [0.25, 0.3) is 12.2 Å². The van der Waals surface area contributed by atoms with Gasteiger partial charge in [0.15, 0.2) is 5.78 Å². The van der Waals surface area contributed by atoms with E-state index < -0.39 is 58.1 Å². The zero-order valence-corrected chi connectivity index (χ0v) is 36.2. The highest BCUT2D eigenvalue weighted by atomic mass is 16.3. The second-order valence-corrected chi connectivity index (χ2v) is 22.5. The lowest BCUT2D eigenvalue weighted by Gasteiger charge is -2.75. The average Bonchev–Trinajstić information content (AvgIpc) is 3.68. The van der Waals surface area contributed by atoms with Crippen molar-refractivity contribution in [1.82, 2.24) is 5.32 Å². The van der Waals surface area contributed by atoms with Gasteiger partial charge in [-0.15, -0.1) is 5.92 Å². The molecular formula is C52H71NO6. The maximum absolute atomic E-state index is 16.1. The molecule has 6 saturated carbocycles. The highest BCUT2D eigenvalue weighted by molar-refractivity contribution is 5.96. The van der Waals surface area contributed by atoms with Crippen LogP contribution in [0.4, 0.5) is 0 Å². The van der Waals surface area contributed by atoms with Crippen molar-refractivity contribution in [2.75, 3.05) is 13.2 Å². The molecule has 0 amide bonds. The molecule has 3 spiro atoms. The molecule has 0 heterocycles. The van der Waals surface area contributed by atoms with Gasteiger partial charge in [-0.05, 0) is 163 Å². The summed E-state index contributed by atoms with van der Waals surface area (Å²) in [5.41, 5.74) is -1.18. The second kappa shape index (κ2) is 13.8. The Morgan fingerprint density at radius 1 is 0.932 bits per heavy atom. The molecule has 320 valence electrons. The monoisotopic (exact) mass is 806 g/mol. The molecule has 11 rings (SSSR count). The molecule has 10 aliphatic rings. The second-order valence-electron chi connectivity index (χ2n) is 22.5. The third-order valence-electron chi connectivity index (χ3n) is 20.5. The van der Waals surface area contributed by atoms with Crippen LogP contribution in [0.5, 0.6) is 0 Å². The Morgan fingerprint density at radius 2 is 1.71 bits per heavy atom. The van der Waals surface area contributed by atoms with E-state index in [2.05, 4.69) is 74.4 Å². The quantitative estimate of drug-likeness (QED) is 0.161. The fourth-order valence-electron chi connectivity index (χ4n) is 18.2. The van der Waals surface area contributed by atoms with Crippen LogP contribution in [0, 0.1) is 79.3 Å². The number of aliphatic hydroxyl groups excluding tert-OH is 5. The van der Waals surface area contributed by atoms with Crippen molar-refractivity contribution >= 4 is 17.9 Å². The summed E-state index contributed by atoms with van der Waals surface area (Å²) in [7, 11) is 0. The Labute approximate surface area is 352 Å². The number of allylic oxidation sites excluding steroid dienone is 2. The van der Waals surface area contributed by atoms with E-state index in [0.29, 0.717) is 19.3 Å². The van der Waals surface area contributed by atoms with Crippen molar-refractivity contribution < 1.29 is 30.3 Å². The lowest BCUT2D eigenvalue weighted by molar-refractivity contribution is -0.266. The SMILES string of the molecule is CCCNCc1cccc2c1=C[C@@H]1[C@@H](C=2)CC[C@@]23CC[C@@H]4[C@](C)([C@H](O)CO)[C@@H](O)CC[C@@]14[C@H]2C(=O)C=C1[C@H]2C[C@@]4(C)CCC#C[C@@H](O)[C@]2([C@@H](O)C[C@]13C)C1(CCCC1)C4. The highest BCUT2D eigenvalue weighted by Crippen LogP contribution is 2.82. The first-order valence-electron chi connectivity index (χ1n) is 23.8. The minimum atomic E-state index is -1.13. The van der Waals surface area contributed by atoms with Gasteiger partial charge in [-0.3, -0.25) is 4.79 Å². The van der Waals surface area contributed by atoms with Crippen molar-refractivity contribution in [1.29, 1.82) is 0 Å². The van der Waals surface area contributed by atoms with E-state index in [4.69, 9.17) is 0 Å². The summed E-state index contributed by atoms with van der Waals surface area (Å²) < 4.78 is 0. The lowest BCUT2D eigenvalue weighted by Crippen LogP contribution is -2.74. The third-order valence-corrected chi connectivity index (χ3v) is 20.5. The molecule has 59 heavy (non-hydrogen) atoms. The largest absolute Gasteiger partial charge is 0.394 e. The van der Waals surface area contributed by atoms with Gasteiger partial charge in [-0.1, -0.05) is 82.4 Å². The Morgan fingerprint density at radius 3 is 2.47 bits per heavy atom. The van der Waals surface area contributed by atoms with Crippen LogP contribution in [0.2, 0.25) is 0 Å². The van der Waals surface area contributed by atoms with Gasteiger partial charge in [0.2, 0.25) is 0 Å². The van der Waals surface area contributed by atoms with E-state index in [9.17, 15) is 25.5 Å². The summed E-state index contributed by atoms with van der Waals surface area (Å²) in [5.74, 6) is 6.34. The number of aliphatic hydroxyl groups is 5. The maximum Gasteiger partial charge on any atom is 0.159 e. The first-order chi connectivity index (χ1) is 28.2. The van der Waals surface area contributed by atoms with Crippen LogP contribution in [-0.2, 0) is 11.3 Å². The van der Waals surface area contributed by atoms with Crippen LogP contribution in [-0.4, -0.2) is 68.9 Å². The summed E-state index contributed by atoms with van der Waals surface area (Å²) in [5, 5.41) is 66.7. The molecule has 1 aromatic carbocycles. The van der Waals surface area contributed by atoms with Gasteiger partial charge in [0.1, 0.15) is 6.10 Å². The molecular weight excluding hydrogens is 735 g/mol. The number of benzene rings is 1. The summed E-state index contributed by atoms with van der Waals surface area (Å²) in [6.45, 7) is 10.3. The van der Waals surface area contributed by atoms with Gasteiger partial charge in [0, 0.05) is 29.7 Å². The fourth-order valence-corrected chi connectivity index (χ4v) is 18.2. The molecule has 0 saturated heterocycles. The third kappa shape index (κ3) is 5.08. The van der Waals surface area contributed by atoms with Crippen molar-refractivity contribution in [3.05, 3.63) is 45.8 Å². The minimum absolute atomic E-state index is 0.00161. The summed E-state index contributed by atoms with van der Waals surface area (Å²) >= 11 is 0. The van der Waals surface area contributed by atoms with Crippen LogP contribution in [0.15, 0.2) is 29.8 Å². The minimum Gasteiger partial charge on any atom is -0.394 e. The maximum atomic E-state index is 16.1. The van der Waals surface area contributed by atoms with Gasteiger partial charge in [0.05, 0.1) is 24.9 Å². The van der Waals surface area contributed by atoms with E-state index in [0.717, 1.165) is 96.6 Å². The van der Waals surface area contributed by atoms with Crippen LogP contribution in [0.3, 0.4) is 0 Å². The van der Waals surface area contributed by atoms with Gasteiger partial charge < -0.3 is 30.8 Å². The number of carbonyl (C=O) groups excluding carboxylic acids is 1. The van der Waals surface area contributed by atoms with Crippen molar-refractivity contribution in [3.8, 4) is 11.8 Å². The predicted molar refractivity (Wildman–Crippen MR) is 229 cm³/mol. The van der Waals surface area contributed by atoms with Crippen LogP contribution >= 0.6 is 0 Å². The van der Waals surface area contributed by atoms with Crippen LogP contribution < -0.4 is 15.8 Å². The first-order valence-corrected chi connectivity index (χ1v) is 23.8. The molecule has 0 unspecified atom stereocenters. The molecule has 1 aromatic rings. The molecule has 7 heteroatoms. The molecule has 7 nitrogen and oxygen atoms in total. The van der Waals surface area contributed by atoms with E-state index in [1.165, 1.54) is 21.6 Å². The Balaban J connectivity index is 1.21. The predicted octanol–water partition coefficient (Wildman–Crippen LogP) is 5.70. The summed E-state index contributed by atoms with van der Waals surface area (Å²) in [4.78, 5) is 16.1. The van der Waals surface area contributed by atoms with E-state index >= 15 is 4.79 Å². The first kappa shape index (κ1) is 40.7. The molecule has 6 fully saturated rings. The number of nitrogens with one attached hydrogen (secondary N) is 1. The molecule has 4 bridgehead atoms. The number of ketones is 1. The number of rotatable bonds is 6. The van der Waals surface area contributed by atoms with Crippen LogP contribution in [0.1, 0.15) is 136 Å². The molecule has 0 aliphatic heterocycles. The Bertz CT molecular complexity index is 2110. The smallest absolute Gasteiger partial charge is 0.159 e. The highest BCUT2D eigenvalue weighted by Gasteiger charge is 2.79. The summed E-state index contributed by atoms with van der Waals surface area (Å²) in [6, 6.07) is 6.65. The Hall–Kier alpha value is -2.31. The molecule has 0 radical (unpaired) electrons. The molecule has 0 aromatic heterocycles. The normalized spacial score (nSPS) is 47.9. The van der Waals surface area contributed by atoms with E-state index in [1.807, 2.05) is 6.92 Å². The van der Waals surface area contributed by atoms with Gasteiger partial charge in [-0.25, -0.2) is 0 Å². The van der Waals surface area contributed by atoms with E-state index in [-0.39, 0.29) is 46.2 Å². The molecule has 15 atom stereocenters. The number of hydrogen-bond donors (Lipinski definition) is 6. The van der Waals surface area contributed by atoms with E-state index in [1.54, 1.807) is 0 Å². The Kier molecular flexibility index (Phi) is 9.56. The lowest BCUT2D eigenvalue weighted by atomic mass is 9.29. The van der Waals surface area contributed by atoms with Gasteiger partial charge in [-0.2, -0.15) is 0 Å². The van der Waals surface area contributed by atoms with Crippen molar-refractivity contribution in [3.63, 3.8) is 0 Å². The average molecular weight is 806 g/mol. The molecule has 6 N–H and O–H groups in total. The standard InChI is InChI=1S/C52H71NO6/c1-5-23-53-29-34-12-10-11-32-24-33-14-20-50-21-15-40-48(4,44(59)30-54)41(56)16-22-51(40,36(33)25-35(32)34)45(50)39(55)26-37-38-27-46(2)17-7-6-13-42(57)52(38,43(58)28-47(37,50)3)49(31-46)18-8-9-19-49/h10-12,24-26,33,36,38,40-45,53-54,56-59H,5,7-9,14-23,27-31H2,1-4H3/t33-,36-,38-,40-,41+,42-,43+,44-,45+,46-,47-,48+,50-,51-,52-/m1/s1.